The van der Waals surface area contributed by atoms with Gasteiger partial charge in [-0.1, -0.05) is 0 Å². The van der Waals surface area contributed by atoms with E-state index in [1.165, 1.54) is 26.1 Å². The van der Waals surface area contributed by atoms with E-state index in [9.17, 15) is 0 Å². The van der Waals surface area contributed by atoms with Crippen LogP contribution in [-0.4, -0.2) is 48.1 Å². The number of furan rings is 1. The normalized spacial score (nSPS) is 28.1. The molecule has 1 aromatic heterocycles. The van der Waals surface area contributed by atoms with E-state index in [0.717, 1.165) is 30.9 Å². The van der Waals surface area contributed by atoms with Crippen LogP contribution in [0.3, 0.4) is 0 Å². The molecule has 0 bridgehead atoms. The van der Waals surface area contributed by atoms with E-state index in [0.29, 0.717) is 18.1 Å². The molecule has 0 amide bonds. The average molecular weight is 277 g/mol. The Labute approximate surface area is 121 Å². The smallest absolute Gasteiger partial charge is 0.121 e. The third kappa shape index (κ3) is 2.92. The van der Waals surface area contributed by atoms with Crippen LogP contribution in [0.5, 0.6) is 0 Å². The summed E-state index contributed by atoms with van der Waals surface area (Å²) in [6.45, 7) is 8.96. The molecule has 2 atom stereocenters. The highest BCUT2D eigenvalue weighted by atomic mass is 16.3. The number of likely N-dealkylation sites (tertiary alicyclic amines) is 2. The van der Waals surface area contributed by atoms with Gasteiger partial charge in [-0.2, -0.15) is 0 Å². The lowest BCUT2D eigenvalue weighted by atomic mass is 10.0. The molecule has 0 radical (unpaired) electrons. The average Bonchev–Trinajstić information content (AvgIpc) is 3.08. The van der Waals surface area contributed by atoms with E-state index in [4.69, 9.17) is 10.2 Å². The van der Waals surface area contributed by atoms with Gasteiger partial charge < -0.3 is 10.2 Å². The zero-order valence-electron chi connectivity index (χ0n) is 12.7. The number of hydrogen-bond donors (Lipinski definition) is 1. The molecule has 20 heavy (non-hydrogen) atoms. The van der Waals surface area contributed by atoms with Gasteiger partial charge in [-0.15, -0.1) is 0 Å². The summed E-state index contributed by atoms with van der Waals surface area (Å²) < 4.78 is 5.78. The van der Waals surface area contributed by atoms with Crippen molar-refractivity contribution in [2.75, 3.05) is 26.2 Å². The maximum absolute atomic E-state index is 6.00. The lowest BCUT2D eigenvalue weighted by molar-refractivity contribution is 0.142. The van der Waals surface area contributed by atoms with Gasteiger partial charge in [-0.3, -0.25) is 9.80 Å². The third-order valence-corrected chi connectivity index (χ3v) is 5.01. The molecule has 3 heterocycles. The summed E-state index contributed by atoms with van der Waals surface area (Å²) in [6, 6.07) is 5.70. The van der Waals surface area contributed by atoms with E-state index in [1.54, 1.807) is 0 Å². The van der Waals surface area contributed by atoms with Gasteiger partial charge in [-0.25, -0.2) is 0 Å². The van der Waals surface area contributed by atoms with E-state index < -0.39 is 0 Å². The zero-order chi connectivity index (χ0) is 14.1. The number of nitrogens with two attached hydrogens (primary N) is 1. The van der Waals surface area contributed by atoms with Crippen LogP contribution in [0.4, 0.5) is 0 Å². The molecule has 0 aliphatic carbocycles. The Balaban J connectivity index is 1.56. The van der Waals surface area contributed by atoms with Crippen molar-refractivity contribution in [3.8, 4) is 0 Å². The van der Waals surface area contributed by atoms with Crippen molar-refractivity contribution in [2.24, 2.45) is 5.73 Å². The molecule has 4 nitrogen and oxygen atoms in total. The van der Waals surface area contributed by atoms with E-state index in [1.807, 2.05) is 6.92 Å². The summed E-state index contributed by atoms with van der Waals surface area (Å²) in [7, 11) is 0. The van der Waals surface area contributed by atoms with Crippen molar-refractivity contribution in [3.05, 3.63) is 23.7 Å². The number of aryl methyl sites for hydroxylation is 1. The van der Waals surface area contributed by atoms with Crippen LogP contribution in [-0.2, 0) is 0 Å². The number of rotatable bonds is 3. The van der Waals surface area contributed by atoms with Crippen LogP contribution < -0.4 is 5.73 Å². The Kier molecular flexibility index (Phi) is 4.15. The summed E-state index contributed by atoms with van der Waals surface area (Å²) in [5.41, 5.74) is 6.00. The number of piperidine rings is 1. The molecular formula is C16H27N3O. The van der Waals surface area contributed by atoms with Gasteiger partial charge in [0.05, 0.1) is 6.04 Å². The molecule has 2 N–H and O–H groups in total. The van der Waals surface area contributed by atoms with Gasteiger partial charge in [-0.05, 0) is 58.3 Å². The van der Waals surface area contributed by atoms with Gasteiger partial charge in [0.1, 0.15) is 11.5 Å². The van der Waals surface area contributed by atoms with Crippen molar-refractivity contribution in [1.29, 1.82) is 0 Å². The SMILES string of the molecule is Cc1ccc(C(C)N2CCC(N3CCC(N)CC3)C2)o1. The fraction of sp³-hybridized carbons (Fsp3) is 0.750. The molecule has 2 aliphatic rings. The zero-order valence-corrected chi connectivity index (χ0v) is 12.7. The quantitative estimate of drug-likeness (QED) is 0.919. The van der Waals surface area contributed by atoms with Crippen molar-refractivity contribution >= 4 is 0 Å². The topological polar surface area (TPSA) is 45.6 Å². The molecule has 0 aromatic carbocycles. The minimum atomic E-state index is 0.390. The molecule has 2 fully saturated rings. The third-order valence-electron chi connectivity index (χ3n) is 5.01. The molecule has 2 aliphatic heterocycles. The lowest BCUT2D eigenvalue weighted by Crippen LogP contribution is -2.46. The first kappa shape index (κ1) is 14.1. The second-order valence-corrected chi connectivity index (χ2v) is 6.44. The molecule has 3 rings (SSSR count). The van der Waals surface area contributed by atoms with Gasteiger partial charge in [0.25, 0.3) is 0 Å². The van der Waals surface area contributed by atoms with Gasteiger partial charge in [0, 0.05) is 25.2 Å². The van der Waals surface area contributed by atoms with Crippen LogP contribution in [0.15, 0.2) is 16.5 Å². The fourth-order valence-corrected chi connectivity index (χ4v) is 3.56. The molecule has 2 saturated heterocycles. The maximum Gasteiger partial charge on any atom is 0.121 e. The first-order valence-electron chi connectivity index (χ1n) is 7.93. The summed E-state index contributed by atoms with van der Waals surface area (Å²) in [4.78, 5) is 5.20. The monoisotopic (exact) mass is 277 g/mol. The molecule has 0 spiro atoms. The number of nitrogens with zero attached hydrogens (tertiary/aromatic N) is 2. The second-order valence-electron chi connectivity index (χ2n) is 6.44. The highest BCUT2D eigenvalue weighted by Crippen LogP contribution is 2.28. The largest absolute Gasteiger partial charge is 0.465 e. The molecule has 112 valence electrons. The molecular weight excluding hydrogens is 250 g/mol. The Morgan fingerprint density at radius 3 is 2.60 bits per heavy atom. The summed E-state index contributed by atoms with van der Waals surface area (Å²) >= 11 is 0. The van der Waals surface area contributed by atoms with Crippen molar-refractivity contribution in [1.82, 2.24) is 9.80 Å². The summed E-state index contributed by atoms with van der Waals surface area (Å²) in [5.74, 6) is 2.11. The van der Waals surface area contributed by atoms with Crippen LogP contribution in [0, 0.1) is 6.92 Å². The Hall–Kier alpha value is -0.840. The molecule has 4 heteroatoms. The predicted molar refractivity (Wildman–Crippen MR) is 80.6 cm³/mol. The first-order chi connectivity index (χ1) is 9.63. The maximum atomic E-state index is 6.00. The summed E-state index contributed by atoms with van der Waals surface area (Å²) in [5, 5.41) is 0. The van der Waals surface area contributed by atoms with Crippen molar-refractivity contribution in [2.45, 2.75) is 51.2 Å². The van der Waals surface area contributed by atoms with Gasteiger partial charge in [0.15, 0.2) is 0 Å². The van der Waals surface area contributed by atoms with E-state index >= 15 is 0 Å². The summed E-state index contributed by atoms with van der Waals surface area (Å²) in [6.07, 6.45) is 3.59. The fourth-order valence-electron chi connectivity index (χ4n) is 3.56. The van der Waals surface area contributed by atoms with E-state index in [2.05, 4.69) is 28.9 Å². The van der Waals surface area contributed by atoms with Crippen LogP contribution in [0.25, 0.3) is 0 Å². The first-order valence-corrected chi connectivity index (χ1v) is 7.93. The molecule has 2 unspecified atom stereocenters. The van der Waals surface area contributed by atoms with Crippen LogP contribution in [0.2, 0.25) is 0 Å². The standard InChI is InChI=1S/C16H27N3O/c1-12-3-4-16(20-12)13(2)19-10-7-15(11-19)18-8-5-14(17)6-9-18/h3-4,13-15H,5-11,17H2,1-2H3. The molecule has 0 saturated carbocycles. The van der Waals surface area contributed by atoms with Gasteiger partial charge in [0.2, 0.25) is 0 Å². The van der Waals surface area contributed by atoms with Crippen LogP contribution in [0.1, 0.15) is 43.7 Å². The molecule has 1 aromatic rings. The van der Waals surface area contributed by atoms with Crippen molar-refractivity contribution in [3.63, 3.8) is 0 Å². The Morgan fingerprint density at radius 2 is 1.95 bits per heavy atom. The highest BCUT2D eigenvalue weighted by Gasteiger charge is 2.32. The number of hydrogen-bond acceptors (Lipinski definition) is 4. The highest BCUT2D eigenvalue weighted by molar-refractivity contribution is 5.10. The predicted octanol–water partition coefficient (Wildman–Crippen LogP) is 2.15. The van der Waals surface area contributed by atoms with E-state index in [-0.39, 0.29) is 0 Å². The lowest BCUT2D eigenvalue weighted by Gasteiger charge is -2.35. The minimum absolute atomic E-state index is 0.390. The Morgan fingerprint density at radius 1 is 1.20 bits per heavy atom. The van der Waals surface area contributed by atoms with Crippen molar-refractivity contribution < 1.29 is 4.42 Å². The van der Waals surface area contributed by atoms with Crippen LogP contribution >= 0.6 is 0 Å². The second kappa shape index (κ2) is 5.88. The van der Waals surface area contributed by atoms with Gasteiger partial charge >= 0.3 is 0 Å². The Bertz CT molecular complexity index is 437. The minimum Gasteiger partial charge on any atom is -0.465 e.